The van der Waals surface area contributed by atoms with Crippen molar-refractivity contribution in [2.45, 2.75) is 37.2 Å². The van der Waals surface area contributed by atoms with Gasteiger partial charge in [-0.2, -0.15) is 0 Å². The summed E-state index contributed by atoms with van der Waals surface area (Å²) in [6, 6.07) is -1.25. The number of carbonyl (C=O) groups excluding carboxylic acids is 2. The van der Waals surface area contributed by atoms with Gasteiger partial charge in [-0.25, -0.2) is 9.59 Å². The van der Waals surface area contributed by atoms with Gasteiger partial charge in [0.2, 0.25) is 5.91 Å². The Balaban J connectivity index is 1.97. The van der Waals surface area contributed by atoms with Gasteiger partial charge in [0.1, 0.15) is 6.04 Å². The minimum atomic E-state index is -0.979. The molecule has 0 saturated carbocycles. The molecular formula is C12H19N3O4S. The van der Waals surface area contributed by atoms with Crippen molar-refractivity contribution in [2.24, 2.45) is 0 Å². The van der Waals surface area contributed by atoms with E-state index >= 15 is 0 Å². The molecule has 3 unspecified atom stereocenters. The van der Waals surface area contributed by atoms with E-state index in [2.05, 4.69) is 5.32 Å². The van der Waals surface area contributed by atoms with Crippen molar-refractivity contribution in [2.75, 3.05) is 19.3 Å². The number of nitrogens with one attached hydrogen (secondary N) is 1. The SMILES string of the molecule is CC1SCC(C(=O)O)N1C(=O)NC1CCC(=O)N(C)C1. The average molecular weight is 301 g/mol. The predicted octanol–water partition coefficient (Wildman–Crippen LogP) is 0.165. The Labute approximate surface area is 121 Å². The summed E-state index contributed by atoms with van der Waals surface area (Å²) in [5, 5.41) is 11.8. The normalized spacial score (nSPS) is 30.5. The summed E-state index contributed by atoms with van der Waals surface area (Å²) >= 11 is 1.45. The van der Waals surface area contributed by atoms with E-state index in [9.17, 15) is 14.4 Å². The van der Waals surface area contributed by atoms with Crippen LogP contribution < -0.4 is 5.32 Å². The Bertz CT molecular complexity index is 431. The molecule has 2 N–H and O–H groups in total. The second-order valence-corrected chi connectivity index (χ2v) is 6.50. The van der Waals surface area contributed by atoms with Crippen molar-refractivity contribution in [1.82, 2.24) is 15.1 Å². The van der Waals surface area contributed by atoms with E-state index in [0.29, 0.717) is 25.1 Å². The first kappa shape index (κ1) is 15.0. The molecule has 2 fully saturated rings. The number of urea groups is 1. The van der Waals surface area contributed by atoms with Crippen LogP contribution >= 0.6 is 11.8 Å². The lowest BCUT2D eigenvalue weighted by molar-refractivity contribution is -0.141. The summed E-state index contributed by atoms with van der Waals surface area (Å²) in [7, 11) is 1.70. The maximum atomic E-state index is 12.3. The number of rotatable bonds is 2. The highest BCUT2D eigenvalue weighted by Gasteiger charge is 2.40. The lowest BCUT2D eigenvalue weighted by atomic mass is 10.1. The minimum Gasteiger partial charge on any atom is -0.480 e. The first-order valence-corrected chi connectivity index (χ1v) is 7.62. The number of carboxylic acid groups (broad SMARTS) is 1. The number of aliphatic carboxylic acids is 1. The van der Waals surface area contributed by atoms with Crippen molar-refractivity contribution in [3.05, 3.63) is 0 Å². The van der Waals surface area contributed by atoms with Gasteiger partial charge in [0.15, 0.2) is 0 Å². The highest BCUT2D eigenvalue weighted by atomic mass is 32.2. The number of amides is 3. The number of piperidine rings is 1. The van der Waals surface area contributed by atoms with Crippen molar-refractivity contribution in [1.29, 1.82) is 0 Å². The van der Waals surface area contributed by atoms with Crippen molar-refractivity contribution in [3.8, 4) is 0 Å². The second-order valence-electron chi connectivity index (χ2n) is 5.15. The Morgan fingerprint density at radius 2 is 2.15 bits per heavy atom. The quantitative estimate of drug-likeness (QED) is 0.758. The molecule has 0 aromatic carbocycles. The van der Waals surface area contributed by atoms with Crippen LogP contribution in [0.4, 0.5) is 4.79 Å². The molecule has 0 aliphatic carbocycles. The lowest BCUT2D eigenvalue weighted by Crippen LogP contribution is -2.55. The number of hydrogen-bond acceptors (Lipinski definition) is 4. The van der Waals surface area contributed by atoms with Gasteiger partial charge in [0.25, 0.3) is 0 Å². The molecule has 0 aromatic rings. The molecule has 0 aromatic heterocycles. The number of likely N-dealkylation sites (N-methyl/N-ethyl adjacent to an activating group) is 1. The van der Waals surface area contributed by atoms with Crippen LogP contribution in [0.25, 0.3) is 0 Å². The summed E-state index contributed by atoms with van der Waals surface area (Å²) < 4.78 is 0. The Kier molecular flexibility index (Phi) is 4.42. The van der Waals surface area contributed by atoms with Crippen LogP contribution in [0.3, 0.4) is 0 Å². The summed E-state index contributed by atoms with van der Waals surface area (Å²) in [6.07, 6.45) is 1.01. The molecule has 0 bridgehead atoms. The van der Waals surface area contributed by atoms with Gasteiger partial charge in [0.05, 0.1) is 5.37 Å². The zero-order valence-electron chi connectivity index (χ0n) is 11.5. The zero-order valence-corrected chi connectivity index (χ0v) is 12.4. The summed E-state index contributed by atoms with van der Waals surface area (Å²) in [4.78, 5) is 37.8. The lowest BCUT2D eigenvalue weighted by Gasteiger charge is -2.33. The Morgan fingerprint density at radius 1 is 1.45 bits per heavy atom. The van der Waals surface area contributed by atoms with Crippen LogP contribution in [0.2, 0.25) is 0 Å². The number of nitrogens with zero attached hydrogens (tertiary/aromatic N) is 2. The predicted molar refractivity (Wildman–Crippen MR) is 74.4 cm³/mol. The second kappa shape index (κ2) is 5.90. The van der Waals surface area contributed by atoms with Gasteiger partial charge in [0, 0.05) is 31.8 Å². The highest BCUT2D eigenvalue weighted by Crippen LogP contribution is 2.28. The molecular weight excluding hydrogens is 282 g/mol. The molecule has 20 heavy (non-hydrogen) atoms. The fraction of sp³-hybridized carbons (Fsp3) is 0.750. The standard InChI is InChI=1S/C12H19N3O4S/c1-7-15(9(6-20-7)11(17)18)12(19)13-8-3-4-10(16)14(2)5-8/h7-9H,3-6H2,1-2H3,(H,13,19)(H,17,18). The first-order valence-electron chi connectivity index (χ1n) is 6.57. The van der Waals surface area contributed by atoms with E-state index in [1.165, 1.54) is 16.7 Å². The summed E-state index contributed by atoms with van der Waals surface area (Å²) in [6.45, 7) is 2.29. The molecule has 3 atom stereocenters. The molecule has 2 aliphatic heterocycles. The van der Waals surface area contributed by atoms with Crippen molar-refractivity contribution >= 4 is 29.7 Å². The maximum absolute atomic E-state index is 12.3. The summed E-state index contributed by atoms with van der Waals surface area (Å²) in [5.74, 6) is -0.496. The van der Waals surface area contributed by atoms with Gasteiger partial charge in [-0.3, -0.25) is 9.69 Å². The van der Waals surface area contributed by atoms with E-state index in [4.69, 9.17) is 5.11 Å². The number of carboxylic acids is 1. The number of likely N-dealkylation sites (tertiary alicyclic amines) is 1. The van der Waals surface area contributed by atoms with Crippen molar-refractivity contribution in [3.63, 3.8) is 0 Å². The first-order chi connectivity index (χ1) is 9.40. The van der Waals surface area contributed by atoms with E-state index in [-0.39, 0.29) is 23.4 Å². The third-order valence-corrected chi connectivity index (χ3v) is 4.91. The van der Waals surface area contributed by atoms with Gasteiger partial charge in [-0.1, -0.05) is 0 Å². The Morgan fingerprint density at radius 3 is 2.75 bits per heavy atom. The molecule has 8 heteroatoms. The molecule has 3 amide bonds. The third kappa shape index (κ3) is 3.00. The zero-order chi connectivity index (χ0) is 14.9. The fourth-order valence-electron chi connectivity index (χ4n) is 2.52. The smallest absolute Gasteiger partial charge is 0.327 e. The molecule has 2 aliphatic rings. The highest BCUT2D eigenvalue weighted by molar-refractivity contribution is 8.00. The Hall–Kier alpha value is -1.44. The van der Waals surface area contributed by atoms with Crippen molar-refractivity contribution < 1.29 is 19.5 Å². The van der Waals surface area contributed by atoms with Crippen LogP contribution in [-0.2, 0) is 9.59 Å². The molecule has 112 valence electrons. The molecule has 2 rings (SSSR count). The summed E-state index contributed by atoms with van der Waals surface area (Å²) in [5.41, 5.74) is 0. The molecule has 2 heterocycles. The maximum Gasteiger partial charge on any atom is 0.327 e. The molecule has 0 radical (unpaired) electrons. The monoisotopic (exact) mass is 301 g/mol. The van der Waals surface area contributed by atoms with E-state index in [1.54, 1.807) is 11.9 Å². The number of carbonyl (C=O) groups is 3. The van der Waals surface area contributed by atoms with Gasteiger partial charge >= 0.3 is 12.0 Å². The number of thioether (sulfide) groups is 1. The van der Waals surface area contributed by atoms with Crippen LogP contribution in [0.1, 0.15) is 19.8 Å². The van der Waals surface area contributed by atoms with Gasteiger partial charge in [-0.05, 0) is 13.3 Å². The van der Waals surface area contributed by atoms with Crippen LogP contribution in [-0.4, -0.2) is 69.6 Å². The van der Waals surface area contributed by atoms with Crippen LogP contribution in [0.15, 0.2) is 0 Å². The number of hydrogen-bond donors (Lipinski definition) is 2. The average Bonchev–Trinajstić information content (AvgIpc) is 2.76. The van der Waals surface area contributed by atoms with Crippen LogP contribution in [0, 0.1) is 0 Å². The third-order valence-electron chi connectivity index (χ3n) is 3.70. The molecule has 2 saturated heterocycles. The van der Waals surface area contributed by atoms with Gasteiger partial charge in [-0.15, -0.1) is 11.8 Å². The molecule has 0 spiro atoms. The van der Waals surface area contributed by atoms with E-state index < -0.39 is 12.0 Å². The molecule has 7 nitrogen and oxygen atoms in total. The largest absolute Gasteiger partial charge is 0.480 e. The van der Waals surface area contributed by atoms with E-state index in [0.717, 1.165) is 0 Å². The topological polar surface area (TPSA) is 90.0 Å². The van der Waals surface area contributed by atoms with Crippen LogP contribution in [0.5, 0.6) is 0 Å². The minimum absolute atomic E-state index is 0.0732. The fourth-order valence-corrected chi connectivity index (χ4v) is 3.69. The van der Waals surface area contributed by atoms with Gasteiger partial charge < -0.3 is 15.3 Å². The van der Waals surface area contributed by atoms with E-state index in [1.807, 2.05) is 6.92 Å².